The van der Waals surface area contributed by atoms with Crippen molar-refractivity contribution in [3.63, 3.8) is 0 Å². The maximum Gasteiger partial charge on any atom is 0.191 e. The Bertz CT molecular complexity index is 228. The molecule has 1 rings (SSSR count). The molecule has 0 aromatic rings. The summed E-state index contributed by atoms with van der Waals surface area (Å²) in [6.07, 6.45) is 5.18. The summed E-state index contributed by atoms with van der Waals surface area (Å²) in [5, 5.41) is 6.75. The number of guanidine groups is 1. The van der Waals surface area contributed by atoms with Crippen molar-refractivity contribution < 1.29 is 9.47 Å². The predicted octanol–water partition coefficient (Wildman–Crippen LogP) is 1.15. The number of ether oxygens (including phenoxy) is 2. The van der Waals surface area contributed by atoms with Crippen LogP contribution < -0.4 is 10.6 Å². The van der Waals surface area contributed by atoms with Gasteiger partial charge in [0.05, 0.1) is 26.4 Å². The Balaban J connectivity index is 2.17. The Morgan fingerprint density at radius 1 is 1.22 bits per heavy atom. The van der Waals surface area contributed by atoms with E-state index in [0.29, 0.717) is 32.4 Å². The van der Waals surface area contributed by atoms with E-state index in [4.69, 9.17) is 9.47 Å². The number of nitrogens with zero attached hydrogens (tertiary/aromatic N) is 1. The number of hydrogen-bond donors (Lipinski definition) is 2. The van der Waals surface area contributed by atoms with Crippen LogP contribution in [0.15, 0.2) is 4.99 Å². The van der Waals surface area contributed by atoms with Crippen molar-refractivity contribution in [2.75, 3.05) is 40.0 Å². The van der Waals surface area contributed by atoms with Gasteiger partial charge in [0.2, 0.25) is 0 Å². The van der Waals surface area contributed by atoms with E-state index in [1.807, 2.05) is 0 Å². The van der Waals surface area contributed by atoms with Crippen LogP contribution in [0.5, 0.6) is 0 Å². The molecule has 0 atom stereocenters. The van der Waals surface area contributed by atoms with Crippen molar-refractivity contribution in [2.24, 2.45) is 4.99 Å². The SMILES string of the molecule is CCNC(=NCCOCCOC)NC1CCCC1. The third-order valence-corrected chi connectivity index (χ3v) is 2.98. The minimum atomic E-state index is 0.595. The van der Waals surface area contributed by atoms with E-state index < -0.39 is 0 Å². The molecule has 18 heavy (non-hydrogen) atoms. The second-order valence-electron chi connectivity index (χ2n) is 4.49. The molecule has 2 N–H and O–H groups in total. The highest BCUT2D eigenvalue weighted by Gasteiger charge is 2.15. The lowest BCUT2D eigenvalue weighted by molar-refractivity contribution is 0.0748. The van der Waals surface area contributed by atoms with Crippen LogP contribution in [-0.2, 0) is 9.47 Å². The zero-order valence-electron chi connectivity index (χ0n) is 11.7. The first kappa shape index (κ1) is 15.2. The van der Waals surface area contributed by atoms with Gasteiger partial charge in [-0.25, -0.2) is 0 Å². The molecule has 5 heteroatoms. The second kappa shape index (κ2) is 10.1. The van der Waals surface area contributed by atoms with E-state index in [-0.39, 0.29) is 0 Å². The van der Waals surface area contributed by atoms with Gasteiger partial charge in [-0.1, -0.05) is 12.8 Å². The fourth-order valence-electron chi connectivity index (χ4n) is 2.05. The van der Waals surface area contributed by atoms with Crippen LogP contribution in [-0.4, -0.2) is 52.0 Å². The summed E-state index contributed by atoms with van der Waals surface area (Å²) >= 11 is 0. The van der Waals surface area contributed by atoms with Crippen LogP contribution in [0.4, 0.5) is 0 Å². The maximum atomic E-state index is 5.38. The van der Waals surface area contributed by atoms with Crippen molar-refractivity contribution >= 4 is 5.96 Å². The fraction of sp³-hybridized carbons (Fsp3) is 0.923. The summed E-state index contributed by atoms with van der Waals surface area (Å²) in [5.74, 6) is 0.916. The minimum absolute atomic E-state index is 0.595. The first-order valence-corrected chi connectivity index (χ1v) is 6.98. The molecule has 0 aromatic carbocycles. The van der Waals surface area contributed by atoms with Crippen LogP contribution in [0.3, 0.4) is 0 Å². The molecule has 0 unspecified atom stereocenters. The minimum Gasteiger partial charge on any atom is -0.382 e. The van der Waals surface area contributed by atoms with E-state index in [1.54, 1.807) is 7.11 Å². The van der Waals surface area contributed by atoms with E-state index >= 15 is 0 Å². The number of methoxy groups -OCH3 is 1. The van der Waals surface area contributed by atoms with Crippen molar-refractivity contribution in [2.45, 2.75) is 38.6 Å². The van der Waals surface area contributed by atoms with Crippen molar-refractivity contribution in [1.82, 2.24) is 10.6 Å². The van der Waals surface area contributed by atoms with Gasteiger partial charge in [-0.05, 0) is 19.8 Å². The quantitative estimate of drug-likeness (QED) is 0.389. The fourth-order valence-corrected chi connectivity index (χ4v) is 2.05. The highest BCUT2D eigenvalue weighted by Crippen LogP contribution is 2.17. The molecule has 1 saturated carbocycles. The summed E-state index contributed by atoms with van der Waals surface area (Å²) in [5.41, 5.74) is 0. The Morgan fingerprint density at radius 2 is 2.00 bits per heavy atom. The van der Waals surface area contributed by atoms with Crippen LogP contribution in [0.2, 0.25) is 0 Å². The zero-order chi connectivity index (χ0) is 13.1. The lowest BCUT2D eigenvalue weighted by Crippen LogP contribution is -2.42. The summed E-state index contributed by atoms with van der Waals surface area (Å²) in [6.45, 7) is 5.59. The van der Waals surface area contributed by atoms with Crippen LogP contribution in [0.25, 0.3) is 0 Å². The molecule has 106 valence electrons. The van der Waals surface area contributed by atoms with Crippen molar-refractivity contribution in [3.8, 4) is 0 Å². The van der Waals surface area contributed by atoms with Gasteiger partial charge in [0.15, 0.2) is 5.96 Å². The van der Waals surface area contributed by atoms with Crippen molar-refractivity contribution in [1.29, 1.82) is 0 Å². The monoisotopic (exact) mass is 257 g/mol. The molecular weight excluding hydrogens is 230 g/mol. The van der Waals surface area contributed by atoms with Crippen LogP contribution in [0.1, 0.15) is 32.6 Å². The average Bonchev–Trinajstić information content (AvgIpc) is 2.86. The number of hydrogen-bond acceptors (Lipinski definition) is 3. The molecule has 0 radical (unpaired) electrons. The van der Waals surface area contributed by atoms with Gasteiger partial charge in [-0.3, -0.25) is 4.99 Å². The number of aliphatic imine (C=N–C) groups is 1. The molecule has 5 nitrogen and oxygen atoms in total. The molecule has 1 aliphatic rings. The van der Waals surface area contributed by atoms with E-state index in [0.717, 1.165) is 12.5 Å². The molecule has 0 bridgehead atoms. The molecule has 1 aliphatic carbocycles. The molecular formula is C13H27N3O2. The van der Waals surface area contributed by atoms with Gasteiger partial charge >= 0.3 is 0 Å². The number of nitrogens with one attached hydrogen (secondary N) is 2. The molecule has 0 saturated heterocycles. The average molecular weight is 257 g/mol. The lowest BCUT2D eigenvalue weighted by Gasteiger charge is -2.16. The van der Waals surface area contributed by atoms with Crippen molar-refractivity contribution in [3.05, 3.63) is 0 Å². The zero-order valence-corrected chi connectivity index (χ0v) is 11.7. The molecule has 0 heterocycles. The first-order valence-electron chi connectivity index (χ1n) is 6.98. The third-order valence-electron chi connectivity index (χ3n) is 2.98. The first-order chi connectivity index (χ1) is 8.86. The van der Waals surface area contributed by atoms with Crippen LogP contribution in [0, 0.1) is 0 Å². The standard InChI is InChI=1S/C13H27N3O2/c1-3-14-13(16-12-6-4-5-7-12)15-8-9-18-11-10-17-2/h12H,3-11H2,1-2H3,(H2,14,15,16). The van der Waals surface area contributed by atoms with E-state index in [9.17, 15) is 0 Å². The normalized spacial score (nSPS) is 17.1. The second-order valence-corrected chi connectivity index (χ2v) is 4.49. The Labute approximate surface area is 110 Å². The van der Waals surface area contributed by atoms with Gasteiger partial charge in [0.1, 0.15) is 0 Å². The number of rotatable bonds is 8. The molecule has 0 amide bonds. The summed E-state index contributed by atoms with van der Waals surface area (Å²) in [6, 6.07) is 0.595. The Morgan fingerprint density at radius 3 is 2.67 bits per heavy atom. The Hall–Kier alpha value is -0.810. The summed E-state index contributed by atoms with van der Waals surface area (Å²) in [4.78, 5) is 4.50. The smallest absolute Gasteiger partial charge is 0.191 e. The third kappa shape index (κ3) is 6.81. The van der Waals surface area contributed by atoms with Crippen LogP contribution >= 0.6 is 0 Å². The van der Waals surface area contributed by atoms with Gasteiger partial charge in [0, 0.05) is 19.7 Å². The van der Waals surface area contributed by atoms with Gasteiger partial charge in [-0.2, -0.15) is 0 Å². The van der Waals surface area contributed by atoms with E-state index in [2.05, 4.69) is 22.5 Å². The largest absolute Gasteiger partial charge is 0.382 e. The highest BCUT2D eigenvalue weighted by molar-refractivity contribution is 5.80. The molecule has 0 spiro atoms. The van der Waals surface area contributed by atoms with Gasteiger partial charge in [0.25, 0.3) is 0 Å². The predicted molar refractivity (Wildman–Crippen MR) is 74.1 cm³/mol. The van der Waals surface area contributed by atoms with Gasteiger partial charge < -0.3 is 20.1 Å². The van der Waals surface area contributed by atoms with E-state index in [1.165, 1.54) is 25.7 Å². The van der Waals surface area contributed by atoms with Gasteiger partial charge in [-0.15, -0.1) is 0 Å². The Kier molecular flexibility index (Phi) is 8.59. The highest BCUT2D eigenvalue weighted by atomic mass is 16.5. The summed E-state index contributed by atoms with van der Waals surface area (Å²) in [7, 11) is 1.68. The molecule has 0 aromatic heterocycles. The molecule has 0 aliphatic heterocycles. The molecule has 1 fully saturated rings. The lowest BCUT2D eigenvalue weighted by atomic mass is 10.2. The maximum absolute atomic E-state index is 5.38. The topological polar surface area (TPSA) is 54.9 Å². The summed E-state index contributed by atoms with van der Waals surface area (Å²) < 4.78 is 10.3.